The molecular formula is C13H27NO. The van der Waals surface area contributed by atoms with Crippen molar-refractivity contribution >= 4 is 0 Å². The van der Waals surface area contributed by atoms with Gasteiger partial charge in [-0.25, -0.2) is 0 Å². The number of hydrogen-bond acceptors (Lipinski definition) is 2. The lowest BCUT2D eigenvalue weighted by atomic mass is 9.98. The molecule has 1 aliphatic heterocycles. The van der Waals surface area contributed by atoms with Crippen molar-refractivity contribution in [2.24, 2.45) is 5.92 Å². The van der Waals surface area contributed by atoms with E-state index in [1.165, 1.54) is 45.1 Å². The highest BCUT2D eigenvalue weighted by Crippen LogP contribution is 2.13. The van der Waals surface area contributed by atoms with Crippen molar-refractivity contribution in [3.8, 4) is 0 Å². The van der Waals surface area contributed by atoms with Gasteiger partial charge in [-0.1, -0.05) is 33.1 Å². The Morgan fingerprint density at radius 2 is 2.00 bits per heavy atom. The van der Waals surface area contributed by atoms with E-state index in [4.69, 9.17) is 4.74 Å². The second-order valence-electron chi connectivity index (χ2n) is 4.71. The highest BCUT2D eigenvalue weighted by Gasteiger charge is 2.14. The maximum absolute atomic E-state index is 5.36. The summed E-state index contributed by atoms with van der Waals surface area (Å²) >= 11 is 0. The molecular weight excluding hydrogens is 186 g/mol. The van der Waals surface area contributed by atoms with Crippen LogP contribution in [0.3, 0.4) is 0 Å². The molecule has 0 saturated carbocycles. The van der Waals surface area contributed by atoms with Gasteiger partial charge in [-0.05, 0) is 31.7 Å². The fourth-order valence-corrected chi connectivity index (χ4v) is 2.18. The summed E-state index contributed by atoms with van der Waals surface area (Å²) in [5, 5.41) is 3.70. The van der Waals surface area contributed by atoms with E-state index in [0.717, 1.165) is 25.2 Å². The lowest BCUT2D eigenvalue weighted by Crippen LogP contribution is -2.37. The molecule has 2 nitrogen and oxygen atoms in total. The van der Waals surface area contributed by atoms with Gasteiger partial charge in [0.1, 0.15) is 0 Å². The molecule has 1 aliphatic rings. The first-order valence-electron chi connectivity index (χ1n) is 6.68. The van der Waals surface area contributed by atoms with E-state index in [-0.39, 0.29) is 0 Å². The van der Waals surface area contributed by atoms with Gasteiger partial charge < -0.3 is 10.1 Å². The maximum Gasteiger partial charge on any atom is 0.0480 e. The van der Waals surface area contributed by atoms with Crippen molar-refractivity contribution < 1.29 is 4.74 Å². The summed E-state index contributed by atoms with van der Waals surface area (Å²) in [6.45, 7) is 7.69. The standard InChI is InChI=1S/C13H27NO/c1-3-5-6-12(4-2)11-14-13-7-9-15-10-8-13/h12-14H,3-11H2,1-2H3. The molecule has 0 bridgehead atoms. The average molecular weight is 213 g/mol. The van der Waals surface area contributed by atoms with Crippen LogP contribution in [0.2, 0.25) is 0 Å². The zero-order valence-electron chi connectivity index (χ0n) is 10.4. The Hall–Kier alpha value is -0.0800. The van der Waals surface area contributed by atoms with Crippen LogP contribution in [0, 0.1) is 5.92 Å². The molecule has 0 aromatic heterocycles. The van der Waals surface area contributed by atoms with Crippen LogP contribution in [-0.4, -0.2) is 25.8 Å². The summed E-state index contributed by atoms with van der Waals surface area (Å²) in [6, 6.07) is 0.717. The quantitative estimate of drug-likeness (QED) is 0.702. The first-order chi connectivity index (χ1) is 7.36. The SMILES string of the molecule is CCCCC(CC)CNC1CCOCC1. The summed E-state index contributed by atoms with van der Waals surface area (Å²) in [5.41, 5.74) is 0. The summed E-state index contributed by atoms with van der Waals surface area (Å²) in [6.07, 6.45) is 7.82. The molecule has 1 rings (SSSR count). The fraction of sp³-hybridized carbons (Fsp3) is 1.00. The summed E-state index contributed by atoms with van der Waals surface area (Å²) < 4.78 is 5.36. The fourth-order valence-electron chi connectivity index (χ4n) is 2.18. The van der Waals surface area contributed by atoms with E-state index >= 15 is 0 Å². The number of hydrogen-bond donors (Lipinski definition) is 1. The van der Waals surface area contributed by atoms with Gasteiger partial charge in [0, 0.05) is 19.3 Å². The second kappa shape index (κ2) is 8.12. The molecule has 15 heavy (non-hydrogen) atoms. The highest BCUT2D eigenvalue weighted by atomic mass is 16.5. The van der Waals surface area contributed by atoms with Gasteiger partial charge in [0.2, 0.25) is 0 Å². The van der Waals surface area contributed by atoms with E-state index in [9.17, 15) is 0 Å². The topological polar surface area (TPSA) is 21.3 Å². The van der Waals surface area contributed by atoms with Crippen molar-refractivity contribution in [3.63, 3.8) is 0 Å². The maximum atomic E-state index is 5.36. The lowest BCUT2D eigenvalue weighted by Gasteiger charge is -2.25. The van der Waals surface area contributed by atoms with E-state index in [2.05, 4.69) is 19.2 Å². The Morgan fingerprint density at radius 1 is 1.27 bits per heavy atom. The minimum absolute atomic E-state index is 0.717. The Morgan fingerprint density at radius 3 is 2.60 bits per heavy atom. The summed E-state index contributed by atoms with van der Waals surface area (Å²) in [4.78, 5) is 0. The predicted molar refractivity (Wildman–Crippen MR) is 65.1 cm³/mol. The molecule has 0 aromatic rings. The molecule has 1 N–H and O–H groups in total. The lowest BCUT2D eigenvalue weighted by molar-refractivity contribution is 0.0767. The number of nitrogens with one attached hydrogen (secondary N) is 1. The van der Waals surface area contributed by atoms with Crippen molar-refractivity contribution in [3.05, 3.63) is 0 Å². The molecule has 1 heterocycles. The van der Waals surface area contributed by atoms with Crippen LogP contribution in [0.15, 0.2) is 0 Å². The molecule has 0 amide bonds. The van der Waals surface area contributed by atoms with E-state index < -0.39 is 0 Å². The normalized spacial score (nSPS) is 20.4. The number of ether oxygens (including phenoxy) is 1. The zero-order chi connectivity index (χ0) is 10.9. The number of rotatable bonds is 7. The molecule has 0 spiro atoms. The summed E-state index contributed by atoms with van der Waals surface area (Å²) in [5.74, 6) is 0.882. The smallest absolute Gasteiger partial charge is 0.0480 e. The van der Waals surface area contributed by atoms with Gasteiger partial charge in [-0.3, -0.25) is 0 Å². The van der Waals surface area contributed by atoms with Crippen LogP contribution in [0.25, 0.3) is 0 Å². The van der Waals surface area contributed by atoms with E-state index in [0.29, 0.717) is 0 Å². The third kappa shape index (κ3) is 5.53. The molecule has 0 aromatic carbocycles. The van der Waals surface area contributed by atoms with Crippen LogP contribution in [0.1, 0.15) is 52.4 Å². The largest absolute Gasteiger partial charge is 0.381 e. The van der Waals surface area contributed by atoms with Gasteiger partial charge in [-0.2, -0.15) is 0 Å². The Kier molecular flexibility index (Phi) is 7.03. The van der Waals surface area contributed by atoms with Crippen LogP contribution in [0.4, 0.5) is 0 Å². The van der Waals surface area contributed by atoms with Gasteiger partial charge in [-0.15, -0.1) is 0 Å². The molecule has 1 fully saturated rings. The van der Waals surface area contributed by atoms with Crippen LogP contribution in [0.5, 0.6) is 0 Å². The average Bonchev–Trinajstić information content (AvgIpc) is 2.31. The minimum Gasteiger partial charge on any atom is -0.381 e. The third-order valence-corrected chi connectivity index (χ3v) is 3.46. The van der Waals surface area contributed by atoms with Gasteiger partial charge in [0.15, 0.2) is 0 Å². The second-order valence-corrected chi connectivity index (χ2v) is 4.71. The van der Waals surface area contributed by atoms with Crippen molar-refractivity contribution in [2.75, 3.05) is 19.8 Å². The Bertz CT molecular complexity index is 143. The molecule has 1 atom stereocenters. The van der Waals surface area contributed by atoms with E-state index in [1.54, 1.807) is 0 Å². The number of unbranched alkanes of at least 4 members (excludes halogenated alkanes) is 1. The molecule has 0 radical (unpaired) electrons. The van der Waals surface area contributed by atoms with Gasteiger partial charge >= 0.3 is 0 Å². The zero-order valence-corrected chi connectivity index (χ0v) is 10.4. The van der Waals surface area contributed by atoms with Crippen LogP contribution < -0.4 is 5.32 Å². The first kappa shape index (κ1) is 13.0. The van der Waals surface area contributed by atoms with Crippen molar-refractivity contribution in [1.29, 1.82) is 0 Å². The van der Waals surface area contributed by atoms with Crippen LogP contribution in [-0.2, 0) is 4.74 Å². The predicted octanol–water partition coefficient (Wildman–Crippen LogP) is 2.97. The molecule has 0 aliphatic carbocycles. The Balaban J connectivity index is 2.09. The molecule has 90 valence electrons. The minimum atomic E-state index is 0.717. The molecule has 2 heteroatoms. The van der Waals surface area contributed by atoms with Crippen molar-refractivity contribution in [1.82, 2.24) is 5.32 Å². The van der Waals surface area contributed by atoms with Crippen LogP contribution >= 0.6 is 0 Å². The molecule has 1 unspecified atom stereocenters. The highest BCUT2D eigenvalue weighted by molar-refractivity contribution is 4.72. The first-order valence-corrected chi connectivity index (χ1v) is 6.68. The molecule has 1 saturated heterocycles. The third-order valence-electron chi connectivity index (χ3n) is 3.46. The summed E-state index contributed by atoms with van der Waals surface area (Å²) in [7, 11) is 0. The van der Waals surface area contributed by atoms with Gasteiger partial charge in [0.25, 0.3) is 0 Å². The van der Waals surface area contributed by atoms with E-state index in [1.807, 2.05) is 0 Å². The Labute approximate surface area is 94.8 Å². The monoisotopic (exact) mass is 213 g/mol. The van der Waals surface area contributed by atoms with Gasteiger partial charge in [0.05, 0.1) is 0 Å². The van der Waals surface area contributed by atoms with Crippen molar-refractivity contribution in [2.45, 2.75) is 58.4 Å².